The summed E-state index contributed by atoms with van der Waals surface area (Å²) in [5.41, 5.74) is 2.16. The van der Waals surface area contributed by atoms with Gasteiger partial charge in [-0.05, 0) is 31.9 Å². The van der Waals surface area contributed by atoms with Crippen molar-refractivity contribution in [3.63, 3.8) is 0 Å². The molecule has 0 bridgehead atoms. The van der Waals surface area contributed by atoms with Crippen LogP contribution in [-0.4, -0.2) is 61.3 Å². The van der Waals surface area contributed by atoms with Crippen LogP contribution in [0.2, 0.25) is 0 Å². The zero-order valence-electron chi connectivity index (χ0n) is 21.7. The fraction of sp³-hybridized carbons (Fsp3) is 0.444. The van der Waals surface area contributed by atoms with Crippen LogP contribution in [0.5, 0.6) is 0 Å². The second-order valence-electron chi connectivity index (χ2n) is 10.3. The van der Waals surface area contributed by atoms with E-state index in [0.29, 0.717) is 38.0 Å². The van der Waals surface area contributed by atoms with Gasteiger partial charge in [-0.2, -0.15) is 10.2 Å². The molecule has 1 aromatic carbocycles. The van der Waals surface area contributed by atoms with Gasteiger partial charge in [-0.25, -0.2) is 9.48 Å². The molecular formula is C27H33N5O5. The second kappa shape index (κ2) is 11.0. The van der Waals surface area contributed by atoms with Gasteiger partial charge in [0.05, 0.1) is 18.8 Å². The summed E-state index contributed by atoms with van der Waals surface area (Å²) in [4.78, 5) is 38.9. The highest BCUT2D eigenvalue weighted by atomic mass is 16.6. The van der Waals surface area contributed by atoms with Gasteiger partial charge in [0.2, 0.25) is 5.43 Å². The molecule has 3 aromatic rings. The molecule has 2 aromatic heterocycles. The highest BCUT2D eigenvalue weighted by molar-refractivity contribution is 5.73. The molecular weight excluding hydrogens is 474 g/mol. The zero-order valence-corrected chi connectivity index (χ0v) is 21.7. The summed E-state index contributed by atoms with van der Waals surface area (Å²) < 4.78 is 14.4. The highest BCUT2D eigenvalue weighted by Crippen LogP contribution is 2.18. The number of hydrogen-bond acceptors (Lipinski definition) is 7. The van der Waals surface area contributed by atoms with E-state index in [-0.39, 0.29) is 30.0 Å². The van der Waals surface area contributed by atoms with Gasteiger partial charge in [-0.1, -0.05) is 24.3 Å². The second-order valence-corrected chi connectivity index (χ2v) is 10.3. The minimum Gasteiger partial charge on any atom is -0.462 e. The van der Waals surface area contributed by atoms with E-state index in [1.54, 1.807) is 26.7 Å². The fourth-order valence-corrected chi connectivity index (χ4v) is 4.16. The van der Waals surface area contributed by atoms with Crippen LogP contribution in [0.1, 0.15) is 50.4 Å². The van der Waals surface area contributed by atoms with Gasteiger partial charge in [0.1, 0.15) is 23.1 Å². The number of amides is 1. The topological polar surface area (TPSA) is 109 Å². The molecule has 0 unspecified atom stereocenters. The molecule has 3 heterocycles. The third-order valence-corrected chi connectivity index (χ3v) is 5.94. The lowest BCUT2D eigenvalue weighted by Gasteiger charge is -2.33. The first-order valence-corrected chi connectivity index (χ1v) is 12.4. The van der Waals surface area contributed by atoms with E-state index >= 15 is 0 Å². The number of likely N-dealkylation sites (tertiary alicyclic amines) is 1. The first-order valence-electron chi connectivity index (χ1n) is 12.4. The normalized spacial score (nSPS) is 14.4. The van der Waals surface area contributed by atoms with Gasteiger partial charge in [0.15, 0.2) is 0 Å². The van der Waals surface area contributed by atoms with Crippen LogP contribution in [0.15, 0.2) is 53.7 Å². The fourth-order valence-electron chi connectivity index (χ4n) is 4.16. The molecule has 37 heavy (non-hydrogen) atoms. The number of nitrogens with zero attached hydrogens (tertiary/aromatic N) is 5. The van der Waals surface area contributed by atoms with Crippen molar-refractivity contribution in [1.82, 2.24) is 24.5 Å². The van der Waals surface area contributed by atoms with Crippen LogP contribution < -0.4 is 5.43 Å². The Morgan fingerprint density at radius 1 is 1.11 bits per heavy atom. The summed E-state index contributed by atoms with van der Waals surface area (Å²) in [7, 11) is 1.82. The third kappa shape index (κ3) is 7.28. The molecule has 10 heteroatoms. The summed E-state index contributed by atoms with van der Waals surface area (Å²) in [5, 5.41) is 8.62. The molecule has 0 aliphatic carbocycles. The van der Waals surface area contributed by atoms with Gasteiger partial charge in [-0.15, -0.1) is 0 Å². The maximum Gasteiger partial charge on any atom is 0.410 e. The molecule has 1 aliphatic heterocycles. The number of aryl methyl sites for hydroxylation is 1. The van der Waals surface area contributed by atoms with Crippen LogP contribution in [0.25, 0.3) is 5.69 Å². The van der Waals surface area contributed by atoms with Gasteiger partial charge in [-0.3, -0.25) is 14.3 Å². The summed E-state index contributed by atoms with van der Waals surface area (Å²) >= 11 is 0. The van der Waals surface area contributed by atoms with E-state index in [0.717, 1.165) is 16.8 Å². The lowest BCUT2D eigenvalue weighted by atomic mass is 10.0. The van der Waals surface area contributed by atoms with E-state index in [2.05, 4.69) is 10.2 Å². The first-order chi connectivity index (χ1) is 17.6. The molecule has 1 saturated heterocycles. The molecule has 1 aliphatic rings. The average Bonchev–Trinajstić information content (AvgIpc) is 3.26. The number of aromatic nitrogens is 4. The molecule has 196 valence electrons. The maximum absolute atomic E-state index is 12.6. The SMILES string of the molecule is Cn1cc(-n2ccc(=O)c(Cc3cccc(CC(=O)OC4CCN(C(=O)OC(C)(C)C)CC4)c3)n2)cn1. The van der Waals surface area contributed by atoms with Crippen molar-refractivity contribution in [2.24, 2.45) is 7.05 Å². The summed E-state index contributed by atoms with van der Waals surface area (Å²) in [6.07, 6.45) is 6.16. The van der Waals surface area contributed by atoms with Crippen molar-refractivity contribution < 1.29 is 19.1 Å². The molecule has 0 spiro atoms. The molecule has 0 N–H and O–H groups in total. The summed E-state index contributed by atoms with van der Waals surface area (Å²) in [6.45, 7) is 6.49. The van der Waals surface area contributed by atoms with E-state index in [4.69, 9.17) is 9.47 Å². The van der Waals surface area contributed by atoms with E-state index < -0.39 is 5.60 Å². The molecule has 4 rings (SSSR count). The lowest BCUT2D eigenvalue weighted by Crippen LogP contribution is -2.43. The Hall–Kier alpha value is -3.95. The minimum atomic E-state index is -0.540. The first kappa shape index (κ1) is 26.1. The van der Waals surface area contributed by atoms with Crippen LogP contribution in [-0.2, 0) is 34.2 Å². The Kier molecular flexibility index (Phi) is 7.75. The predicted octanol–water partition coefficient (Wildman–Crippen LogP) is 3.04. The number of carbonyl (C=O) groups excluding carboxylic acids is 2. The number of esters is 1. The van der Waals surface area contributed by atoms with Crippen molar-refractivity contribution in [1.29, 1.82) is 0 Å². The summed E-state index contributed by atoms with van der Waals surface area (Å²) in [5.74, 6) is -0.315. The largest absolute Gasteiger partial charge is 0.462 e. The quantitative estimate of drug-likeness (QED) is 0.472. The van der Waals surface area contributed by atoms with Crippen molar-refractivity contribution in [2.75, 3.05) is 13.1 Å². The highest BCUT2D eigenvalue weighted by Gasteiger charge is 2.28. The van der Waals surface area contributed by atoms with Crippen molar-refractivity contribution in [3.05, 3.63) is 76.0 Å². The standard InChI is InChI=1S/C27H33N5O5/c1-27(2,3)37-26(35)31-11-8-22(9-12-31)36-25(34)16-20-7-5-6-19(14-20)15-23-24(33)10-13-32(29-23)21-17-28-30(4)18-21/h5-7,10,13-14,17-18,22H,8-9,11-12,15-16H2,1-4H3. The Morgan fingerprint density at radius 3 is 2.51 bits per heavy atom. The molecule has 0 saturated carbocycles. The predicted molar refractivity (Wildman–Crippen MR) is 136 cm³/mol. The van der Waals surface area contributed by atoms with E-state index in [9.17, 15) is 14.4 Å². The van der Waals surface area contributed by atoms with Gasteiger partial charge < -0.3 is 14.4 Å². The summed E-state index contributed by atoms with van der Waals surface area (Å²) in [6, 6.07) is 9.02. The van der Waals surface area contributed by atoms with Gasteiger partial charge >= 0.3 is 12.1 Å². The number of hydrogen-bond donors (Lipinski definition) is 0. The monoisotopic (exact) mass is 507 g/mol. The Morgan fingerprint density at radius 2 is 1.84 bits per heavy atom. The molecule has 0 atom stereocenters. The average molecular weight is 508 g/mol. The van der Waals surface area contributed by atoms with Crippen LogP contribution in [0.3, 0.4) is 0 Å². The number of piperidine rings is 1. The third-order valence-electron chi connectivity index (χ3n) is 5.94. The van der Waals surface area contributed by atoms with E-state index in [1.165, 1.54) is 6.07 Å². The molecule has 1 fully saturated rings. The van der Waals surface area contributed by atoms with Crippen LogP contribution >= 0.6 is 0 Å². The van der Waals surface area contributed by atoms with Crippen molar-refractivity contribution in [3.8, 4) is 5.69 Å². The number of carbonyl (C=O) groups is 2. The smallest absolute Gasteiger partial charge is 0.410 e. The number of benzene rings is 1. The Bertz CT molecular complexity index is 1310. The minimum absolute atomic E-state index is 0.127. The maximum atomic E-state index is 12.6. The van der Waals surface area contributed by atoms with Gasteiger partial charge in [0.25, 0.3) is 0 Å². The van der Waals surface area contributed by atoms with Gasteiger partial charge in [0, 0.05) is 51.7 Å². The molecule has 10 nitrogen and oxygen atoms in total. The zero-order chi connectivity index (χ0) is 26.6. The molecule has 1 amide bonds. The van der Waals surface area contributed by atoms with E-state index in [1.807, 2.05) is 58.3 Å². The van der Waals surface area contributed by atoms with Crippen molar-refractivity contribution >= 4 is 12.1 Å². The number of ether oxygens (including phenoxy) is 2. The van der Waals surface area contributed by atoms with Crippen LogP contribution in [0.4, 0.5) is 4.79 Å². The Balaban J connectivity index is 1.32. The molecule has 0 radical (unpaired) electrons. The number of rotatable bonds is 6. The van der Waals surface area contributed by atoms with Crippen LogP contribution in [0, 0.1) is 0 Å². The lowest BCUT2D eigenvalue weighted by molar-refractivity contribution is -0.150. The van der Waals surface area contributed by atoms with Crippen molar-refractivity contribution in [2.45, 2.75) is 58.2 Å². The Labute approximate surface area is 215 Å².